The second-order valence-corrected chi connectivity index (χ2v) is 4.52. The third kappa shape index (κ3) is 14.6. The lowest BCUT2D eigenvalue weighted by molar-refractivity contribution is -0.137. The van der Waals surface area contributed by atoms with Crippen LogP contribution in [-0.4, -0.2) is 22.3 Å². The van der Waals surface area contributed by atoms with Crippen molar-refractivity contribution in [2.45, 2.75) is 58.0 Å². The van der Waals surface area contributed by atoms with Crippen molar-refractivity contribution in [3.05, 3.63) is 36.5 Å². The zero-order chi connectivity index (χ0) is 14.3. The summed E-state index contributed by atoms with van der Waals surface area (Å²) in [6.45, 7) is 2.15. The lowest BCUT2D eigenvalue weighted by Gasteiger charge is -2.03. The van der Waals surface area contributed by atoms with E-state index < -0.39 is 12.1 Å². The minimum Gasteiger partial charge on any atom is -0.481 e. The number of allylic oxidation sites excluding steroid dienone is 5. The fraction of sp³-hybridized carbons (Fsp3) is 0.562. The van der Waals surface area contributed by atoms with Gasteiger partial charge in [0.15, 0.2) is 0 Å². The molecule has 0 spiro atoms. The number of aliphatic hydroxyl groups is 1. The molecule has 108 valence electrons. The van der Waals surface area contributed by atoms with E-state index in [1.165, 1.54) is 6.42 Å². The van der Waals surface area contributed by atoms with E-state index in [9.17, 15) is 9.90 Å². The summed E-state index contributed by atoms with van der Waals surface area (Å²) in [5, 5.41) is 18.1. The van der Waals surface area contributed by atoms with E-state index in [1.54, 1.807) is 6.08 Å². The highest BCUT2D eigenvalue weighted by Gasteiger charge is 2.00. The molecule has 0 saturated heterocycles. The summed E-state index contributed by atoms with van der Waals surface area (Å²) >= 11 is 0. The summed E-state index contributed by atoms with van der Waals surface area (Å²) in [6, 6.07) is 0. The molecule has 3 heteroatoms. The van der Waals surface area contributed by atoms with Crippen LogP contribution in [-0.2, 0) is 4.79 Å². The fourth-order valence-corrected chi connectivity index (χ4v) is 1.53. The van der Waals surface area contributed by atoms with Crippen LogP contribution in [0, 0.1) is 0 Å². The Hall–Kier alpha value is -1.35. The summed E-state index contributed by atoms with van der Waals surface area (Å²) in [5.74, 6) is -0.774. The Kier molecular flexibility index (Phi) is 12.2. The Bertz CT molecular complexity index is 303. The van der Waals surface area contributed by atoms with Gasteiger partial charge in [-0.15, -0.1) is 0 Å². The molecule has 1 unspecified atom stereocenters. The molecule has 0 aliphatic carbocycles. The molecule has 0 aromatic heterocycles. The first-order valence-corrected chi connectivity index (χ1v) is 7.05. The molecule has 0 aromatic carbocycles. The van der Waals surface area contributed by atoms with Crippen LogP contribution in [0.4, 0.5) is 0 Å². The predicted octanol–water partition coefficient (Wildman–Crippen LogP) is 3.85. The van der Waals surface area contributed by atoms with Crippen molar-refractivity contribution in [1.82, 2.24) is 0 Å². The van der Waals surface area contributed by atoms with Gasteiger partial charge >= 0.3 is 5.97 Å². The minimum atomic E-state index is -0.774. The second kappa shape index (κ2) is 13.1. The fourth-order valence-electron chi connectivity index (χ4n) is 1.53. The van der Waals surface area contributed by atoms with Gasteiger partial charge in [0.1, 0.15) is 0 Å². The highest BCUT2D eigenvalue weighted by molar-refractivity contribution is 5.66. The predicted molar refractivity (Wildman–Crippen MR) is 79.1 cm³/mol. The molecule has 3 nitrogen and oxygen atoms in total. The van der Waals surface area contributed by atoms with Gasteiger partial charge in [0.05, 0.1) is 6.10 Å². The van der Waals surface area contributed by atoms with Crippen molar-refractivity contribution in [2.24, 2.45) is 0 Å². The molecule has 0 amide bonds. The molecule has 0 heterocycles. The largest absolute Gasteiger partial charge is 0.481 e. The third-order valence-electron chi connectivity index (χ3n) is 2.62. The molecular weight excluding hydrogens is 240 g/mol. The Labute approximate surface area is 116 Å². The van der Waals surface area contributed by atoms with Crippen LogP contribution in [0.1, 0.15) is 51.9 Å². The molecule has 0 radical (unpaired) electrons. The number of carboxylic acids is 1. The molecule has 0 saturated carbocycles. The van der Waals surface area contributed by atoms with Crippen molar-refractivity contribution in [2.75, 3.05) is 0 Å². The molecule has 2 N–H and O–H groups in total. The maximum atomic E-state index is 10.3. The lowest BCUT2D eigenvalue weighted by Crippen LogP contribution is -2.02. The van der Waals surface area contributed by atoms with Crippen molar-refractivity contribution in [3.8, 4) is 0 Å². The van der Waals surface area contributed by atoms with E-state index in [0.29, 0.717) is 12.8 Å². The first-order chi connectivity index (χ1) is 9.16. The SMILES string of the molecule is CCCC=CCC=CC=CC(O)CCCCC(=O)O. The maximum absolute atomic E-state index is 10.3. The van der Waals surface area contributed by atoms with Crippen molar-refractivity contribution in [3.63, 3.8) is 0 Å². The summed E-state index contributed by atoms with van der Waals surface area (Å²) < 4.78 is 0. The van der Waals surface area contributed by atoms with Crippen molar-refractivity contribution < 1.29 is 15.0 Å². The minimum absolute atomic E-state index is 0.181. The van der Waals surface area contributed by atoms with Gasteiger partial charge in [-0.2, -0.15) is 0 Å². The molecule has 0 aliphatic rings. The number of hydrogen-bond acceptors (Lipinski definition) is 2. The van der Waals surface area contributed by atoms with Crippen LogP contribution in [0.15, 0.2) is 36.5 Å². The number of aliphatic carboxylic acids is 1. The first-order valence-electron chi connectivity index (χ1n) is 7.05. The summed E-state index contributed by atoms with van der Waals surface area (Å²) in [5.41, 5.74) is 0. The number of carbonyl (C=O) groups is 1. The van der Waals surface area contributed by atoms with Crippen LogP contribution < -0.4 is 0 Å². The average Bonchev–Trinajstić information content (AvgIpc) is 2.37. The van der Waals surface area contributed by atoms with Gasteiger partial charge in [0.25, 0.3) is 0 Å². The van der Waals surface area contributed by atoms with Gasteiger partial charge in [-0.25, -0.2) is 0 Å². The number of carboxylic acid groups (broad SMARTS) is 1. The quantitative estimate of drug-likeness (QED) is 0.339. The molecule has 0 aromatic rings. The molecule has 0 bridgehead atoms. The van der Waals surface area contributed by atoms with Crippen LogP contribution in [0.2, 0.25) is 0 Å². The van der Waals surface area contributed by atoms with Gasteiger partial charge in [0.2, 0.25) is 0 Å². The molecule has 0 fully saturated rings. The normalized spacial score (nSPS) is 13.8. The van der Waals surface area contributed by atoms with E-state index in [1.807, 2.05) is 18.2 Å². The molecule has 0 rings (SSSR count). The molecule has 19 heavy (non-hydrogen) atoms. The van der Waals surface area contributed by atoms with Crippen LogP contribution in [0.3, 0.4) is 0 Å². The van der Waals surface area contributed by atoms with Crippen molar-refractivity contribution >= 4 is 5.97 Å². The zero-order valence-corrected chi connectivity index (χ0v) is 11.8. The lowest BCUT2D eigenvalue weighted by atomic mass is 10.1. The van der Waals surface area contributed by atoms with Gasteiger partial charge in [-0.05, 0) is 32.1 Å². The summed E-state index contributed by atoms with van der Waals surface area (Å²) in [4.78, 5) is 10.3. The van der Waals surface area contributed by atoms with Crippen LogP contribution in [0.5, 0.6) is 0 Å². The molecule has 1 atom stereocenters. The van der Waals surface area contributed by atoms with Gasteiger partial charge in [-0.3, -0.25) is 4.79 Å². The molecular formula is C16H26O3. The van der Waals surface area contributed by atoms with Gasteiger partial charge < -0.3 is 10.2 Å². The monoisotopic (exact) mass is 266 g/mol. The van der Waals surface area contributed by atoms with E-state index in [0.717, 1.165) is 19.3 Å². The Balaban J connectivity index is 3.57. The first kappa shape index (κ1) is 17.6. The van der Waals surface area contributed by atoms with Crippen molar-refractivity contribution in [1.29, 1.82) is 0 Å². The highest BCUT2D eigenvalue weighted by Crippen LogP contribution is 2.05. The van der Waals surface area contributed by atoms with Crippen LogP contribution >= 0.6 is 0 Å². The summed E-state index contributed by atoms with van der Waals surface area (Å²) in [7, 11) is 0. The number of unbranched alkanes of at least 4 members (excludes halogenated alkanes) is 2. The summed E-state index contributed by atoms with van der Waals surface area (Å²) in [6.07, 6.45) is 16.8. The van der Waals surface area contributed by atoms with E-state index in [4.69, 9.17) is 5.11 Å². The standard InChI is InChI=1S/C16H26O3/c1-2-3-4-5-6-7-8-9-12-15(17)13-10-11-14-16(18)19/h4-5,7-9,12,15,17H,2-3,6,10-11,13-14H2,1H3,(H,18,19). The molecule has 0 aliphatic heterocycles. The second-order valence-electron chi connectivity index (χ2n) is 4.52. The zero-order valence-electron chi connectivity index (χ0n) is 11.8. The number of rotatable bonds is 11. The smallest absolute Gasteiger partial charge is 0.303 e. The Morgan fingerprint density at radius 2 is 1.95 bits per heavy atom. The van der Waals surface area contributed by atoms with Crippen LogP contribution in [0.25, 0.3) is 0 Å². The number of aliphatic hydroxyl groups excluding tert-OH is 1. The third-order valence-corrected chi connectivity index (χ3v) is 2.62. The van der Waals surface area contributed by atoms with Gasteiger partial charge in [-0.1, -0.05) is 49.8 Å². The average molecular weight is 266 g/mol. The van der Waals surface area contributed by atoms with Gasteiger partial charge in [0, 0.05) is 6.42 Å². The Morgan fingerprint density at radius 3 is 2.63 bits per heavy atom. The topological polar surface area (TPSA) is 57.5 Å². The van der Waals surface area contributed by atoms with E-state index in [2.05, 4.69) is 19.1 Å². The Morgan fingerprint density at radius 1 is 1.16 bits per heavy atom. The highest BCUT2D eigenvalue weighted by atomic mass is 16.4. The maximum Gasteiger partial charge on any atom is 0.303 e. The number of hydrogen-bond donors (Lipinski definition) is 2. The van der Waals surface area contributed by atoms with E-state index in [-0.39, 0.29) is 6.42 Å². The van der Waals surface area contributed by atoms with E-state index >= 15 is 0 Å².